The van der Waals surface area contributed by atoms with Crippen molar-refractivity contribution in [3.8, 4) is 5.75 Å². The van der Waals surface area contributed by atoms with Gasteiger partial charge in [-0.1, -0.05) is 29.8 Å². The number of ketones is 1. The van der Waals surface area contributed by atoms with E-state index in [-0.39, 0.29) is 5.78 Å². The Morgan fingerprint density at radius 3 is 2.33 bits per heavy atom. The summed E-state index contributed by atoms with van der Waals surface area (Å²) in [4.78, 5) is 25.7. The normalized spacial score (nSPS) is 11.7. The van der Waals surface area contributed by atoms with Crippen LogP contribution < -0.4 is 4.74 Å². The number of carbonyl (C=O) groups is 2. The Labute approximate surface area is 146 Å². The molecule has 0 amide bonds. The fraction of sp³-hybridized carbons (Fsp3) is 0.263. The summed E-state index contributed by atoms with van der Waals surface area (Å²) in [5.41, 5.74) is 1.89. The summed E-state index contributed by atoms with van der Waals surface area (Å²) >= 11 is 1.55. The molecule has 0 aromatic heterocycles. The molecule has 5 heteroatoms. The van der Waals surface area contributed by atoms with Gasteiger partial charge in [0.05, 0.1) is 7.11 Å². The minimum Gasteiger partial charge on any atom is -0.496 e. The molecule has 24 heavy (non-hydrogen) atoms. The molecular formula is C19H20O4S. The van der Waals surface area contributed by atoms with E-state index < -0.39 is 12.1 Å². The molecule has 0 radical (unpaired) electrons. The topological polar surface area (TPSA) is 52.6 Å². The maximum Gasteiger partial charge on any atom is 0.342 e. The molecule has 0 saturated carbocycles. The SMILES string of the molecule is COc1cc(SC)ccc1C(=O)O[C@@H](C)C(=O)c1ccc(C)cc1. The van der Waals surface area contributed by atoms with Crippen LogP contribution in [-0.4, -0.2) is 31.2 Å². The monoisotopic (exact) mass is 344 g/mol. The van der Waals surface area contributed by atoms with E-state index >= 15 is 0 Å². The van der Waals surface area contributed by atoms with Crippen molar-refractivity contribution in [1.82, 2.24) is 0 Å². The number of thioether (sulfide) groups is 1. The van der Waals surface area contributed by atoms with E-state index in [1.807, 2.05) is 31.4 Å². The molecule has 2 rings (SSSR count). The van der Waals surface area contributed by atoms with Gasteiger partial charge in [-0.25, -0.2) is 4.79 Å². The zero-order chi connectivity index (χ0) is 17.7. The van der Waals surface area contributed by atoms with E-state index in [1.165, 1.54) is 7.11 Å². The molecule has 0 spiro atoms. The predicted octanol–water partition coefficient (Wildman–Crippen LogP) is 4.15. The fourth-order valence-electron chi connectivity index (χ4n) is 2.20. The van der Waals surface area contributed by atoms with E-state index in [1.54, 1.807) is 43.0 Å². The highest BCUT2D eigenvalue weighted by molar-refractivity contribution is 7.98. The lowest BCUT2D eigenvalue weighted by molar-refractivity contribution is 0.0316. The van der Waals surface area contributed by atoms with Crippen LogP contribution in [0.3, 0.4) is 0 Å². The first-order valence-corrected chi connectivity index (χ1v) is 8.72. The molecule has 0 aliphatic carbocycles. The van der Waals surface area contributed by atoms with Crippen LogP contribution in [0, 0.1) is 6.92 Å². The van der Waals surface area contributed by atoms with Gasteiger partial charge in [-0.15, -0.1) is 11.8 Å². The molecule has 0 saturated heterocycles. The van der Waals surface area contributed by atoms with Gasteiger partial charge in [0.25, 0.3) is 0 Å². The van der Waals surface area contributed by atoms with Crippen molar-refractivity contribution in [2.75, 3.05) is 13.4 Å². The Morgan fingerprint density at radius 2 is 1.75 bits per heavy atom. The van der Waals surface area contributed by atoms with E-state index in [0.717, 1.165) is 10.5 Å². The highest BCUT2D eigenvalue weighted by Gasteiger charge is 2.22. The Hall–Kier alpha value is -2.27. The Bertz CT molecular complexity index is 738. The average Bonchev–Trinajstić information content (AvgIpc) is 2.60. The lowest BCUT2D eigenvalue weighted by Gasteiger charge is -2.14. The Kier molecular flexibility index (Phi) is 6.04. The maximum absolute atomic E-state index is 12.4. The molecule has 2 aromatic carbocycles. The quantitative estimate of drug-likeness (QED) is 0.447. The van der Waals surface area contributed by atoms with Crippen molar-refractivity contribution in [2.45, 2.75) is 24.8 Å². The Balaban J connectivity index is 2.14. The fourth-order valence-corrected chi connectivity index (χ4v) is 2.63. The first-order valence-electron chi connectivity index (χ1n) is 7.50. The zero-order valence-corrected chi connectivity index (χ0v) is 15.0. The van der Waals surface area contributed by atoms with Crippen molar-refractivity contribution in [3.63, 3.8) is 0 Å². The zero-order valence-electron chi connectivity index (χ0n) is 14.2. The van der Waals surface area contributed by atoms with Gasteiger partial charge >= 0.3 is 5.97 Å². The number of hydrogen-bond donors (Lipinski definition) is 0. The van der Waals surface area contributed by atoms with Crippen LogP contribution >= 0.6 is 11.8 Å². The smallest absolute Gasteiger partial charge is 0.342 e. The second kappa shape index (κ2) is 8.02. The average molecular weight is 344 g/mol. The standard InChI is InChI=1S/C19H20O4S/c1-12-5-7-14(8-6-12)18(20)13(2)23-19(21)16-10-9-15(24-4)11-17(16)22-3/h5-11,13H,1-4H3/t13-/m0/s1. The number of aryl methyl sites for hydroxylation is 1. The third-order valence-corrected chi connectivity index (χ3v) is 4.34. The molecule has 2 aromatic rings. The highest BCUT2D eigenvalue weighted by Crippen LogP contribution is 2.26. The maximum atomic E-state index is 12.4. The van der Waals surface area contributed by atoms with Crippen LogP contribution in [0.5, 0.6) is 5.75 Å². The third kappa shape index (κ3) is 4.17. The van der Waals surface area contributed by atoms with Crippen molar-refractivity contribution in [3.05, 3.63) is 59.2 Å². The van der Waals surface area contributed by atoms with Crippen LogP contribution in [0.2, 0.25) is 0 Å². The third-order valence-electron chi connectivity index (χ3n) is 3.62. The van der Waals surface area contributed by atoms with E-state index in [0.29, 0.717) is 16.9 Å². The largest absolute Gasteiger partial charge is 0.496 e. The van der Waals surface area contributed by atoms with Crippen LogP contribution in [0.4, 0.5) is 0 Å². The minimum absolute atomic E-state index is 0.233. The molecule has 4 nitrogen and oxygen atoms in total. The summed E-state index contributed by atoms with van der Waals surface area (Å²) in [5.74, 6) is -0.377. The number of carbonyl (C=O) groups excluding carboxylic acids is 2. The first-order chi connectivity index (χ1) is 11.5. The lowest BCUT2D eigenvalue weighted by atomic mass is 10.1. The Morgan fingerprint density at radius 1 is 1.08 bits per heavy atom. The molecule has 126 valence electrons. The van der Waals surface area contributed by atoms with Gasteiger partial charge in [0.1, 0.15) is 11.3 Å². The van der Waals surface area contributed by atoms with Gasteiger partial charge in [-0.3, -0.25) is 4.79 Å². The van der Waals surface area contributed by atoms with Crippen LogP contribution in [0.15, 0.2) is 47.4 Å². The number of hydrogen-bond acceptors (Lipinski definition) is 5. The molecule has 0 N–H and O–H groups in total. The lowest BCUT2D eigenvalue weighted by Crippen LogP contribution is -2.24. The summed E-state index contributed by atoms with van der Waals surface area (Å²) in [6.45, 7) is 3.52. The highest BCUT2D eigenvalue weighted by atomic mass is 32.2. The van der Waals surface area contributed by atoms with Crippen molar-refractivity contribution in [2.24, 2.45) is 0 Å². The van der Waals surface area contributed by atoms with Gasteiger partial charge in [-0.2, -0.15) is 0 Å². The van der Waals surface area contributed by atoms with Crippen molar-refractivity contribution < 1.29 is 19.1 Å². The van der Waals surface area contributed by atoms with Crippen LogP contribution in [0.25, 0.3) is 0 Å². The molecule has 1 atom stereocenters. The summed E-state index contributed by atoms with van der Waals surface area (Å²) in [7, 11) is 1.50. The van der Waals surface area contributed by atoms with E-state index in [9.17, 15) is 9.59 Å². The van der Waals surface area contributed by atoms with Crippen LogP contribution in [-0.2, 0) is 4.74 Å². The molecule has 0 unspecified atom stereocenters. The molecule has 0 aliphatic rings. The molecule has 0 heterocycles. The number of Topliss-reactive ketones (excluding diaryl/α,β-unsaturated/α-hetero) is 1. The second-order valence-corrected chi connectivity index (χ2v) is 6.22. The predicted molar refractivity (Wildman–Crippen MR) is 95.2 cm³/mol. The van der Waals surface area contributed by atoms with Gasteiger partial charge in [0.2, 0.25) is 5.78 Å². The number of rotatable bonds is 6. The number of ether oxygens (including phenoxy) is 2. The van der Waals surface area contributed by atoms with E-state index in [4.69, 9.17) is 9.47 Å². The molecule has 0 aliphatic heterocycles. The first kappa shape index (κ1) is 18.1. The number of esters is 1. The van der Waals surface area contributed by atoms with Crippen molar-refractivity contribution >= 4 is 23.5 Å². The van der Waals surface area contributed by atoms with Gasteiger partial charge < -0.3 is 9.47 Å². The molecular weight excluding hydrogens is 324 g/mol. The summed E-state index contributed by atoms with van der Waals surface area (Å²) in [6, 6.07) is 12.4. The van der Waals surface area contributed by atoms with Gasteiger partial charge in [0, 0.05) is 10.5 Å². The number of benzene rings is 2. The number of methoxy groups -OCH3 is 1. The summed E-state index contributed by atoms with van der Waals surface area (Å²) in [6.07, 6.45) is 1.07. The van der Waals surface area contributed by atoms with Gasteiger partial charge in [-0.05, 0) is 38.3 Å². The summed E-state index contributed by atoms with van der Waals surface area (Å²) in [5, 5.41) is 0. The minimum atomic E-state index is -0.870. The van der Waals surface area contributed by atoms with Gasteiger partial charge in [0.15, 0.2) is 6.10 Å². The van der Waals surface area contributed by atoms with Crippen molar-refractivity contribution in [1.29, 1.82) is 0 Å². The van der Waals surface area contributed by atoms with E-state index in [2.05, 4.69) is 0 Å². The molecule has 0 fully saturated rings. The molecule has 0 bridgehead atoms. The van der Waals surface area contributed by atoms with Crippen LogP contribution in [0.1, 0.15) is 33.2 Å². The summed E-state index contributed by atoms with van der Waals surface area (Å²) < 4.78 is 10.6. The second-order valence-electron chi connectivity index (χ2n) is 5.34.